The summed E-state index contributed by atoms with van der Waals surface area (Å²) in [7, 11) is -3.94. The summed E-state index contributed by atoms with van der Waals surface area (Å²) < 4.78 is 25.1. The maximum atomic E-state index is 12.0. The minimum absolute atomic E-state index is 0.0600. The second-order valence-corrected chi connectivity index (χ2v) is 27.3. The van der Waals surface area contributed by atoms with E-state index in [0.717, 1.165) is 19.3 Å². The monoisotopic (exact) mass is 654 g/mol. The van der Waals surface area contributed by atoms with E-state index in [1.165, 1.54) is 32.1 Å². The Kier molecular flexibility index (Phi) is 14.5. The molecule has 0 amide bonds. The zero-order chi connectivity index (χ0) is 33.6. The predicted molar refractivity (Wildman–Crippen MR) is 188 cm³/mol. The van der Waals surface area contributed by atoms with Crippen molar-refractivity contribution < 1.29 is 28.2 Å². The molecule has 5 atom stereocenters. The molecule has 6 nitrogen and oxygen atoms in total. The van der Waals surface area contributed by atoms with E-state index in [9.17, 15) is 9.90 Å². The van der Waals surface area contributed by atoms with Crippen LogP contribution in [0.2, 0.25) is 36.3 Å². The van der Waals surface area contributed by atoms with Gasteiger partial charge in [-0.3, -0.25) is 0 Å². The Hall–Kier alpha value is -0.516. The third-order valence-corrected chi connectivity index (χ3v) is 19.9. The van der Waals surface area contributed by atoms with Crippen LogP contribution in [0.3, 0.4) is 0 Å². The van der Waals surface area contributed by atoms with E-state index in [1.807, 2.05) is 26.8 Å². The number of hydrogen-bond donors (Lipinski definition) is 1. The molecular weight excluding hydrogens is 585 g/mol. The van der Waals surface area contributed by atoms with Gasteiger partial charge in [-0.15, -0.1) is 0 Å². The Bertz CT molecular complexity index is 905. The van der Waals surface area contributed by atoms with Crippen LogP contribution < -0.4 is 0 Å². The first kappa shape index (κ1) is 39.7. The van der Waals surface area contributed by atoms with Gasteiger partial charge in [-0.2, -0.15) is 0 Å². The fraction of sp³-hybridized carbons (Fsp3) is 0.917. The van der Waals surface area contributed by atoms with Crippen molar-refractivity contribution in [1.29, 1.82) is 0 Å². The first-order valence-electron chi connectivity index (χ1n) is 17.5. The minimum atomic E-state index is -2.02. The van der Waals surface area contributed by atoms with Gasteiger partial charge in [0.2, 0.25) is 0 Å². The number of carbonyl (C=O) groups excluding carboxylic acids is 1. The van der Waals surface area contributed by atoms with Crippen molar-refractivity contribution in [2.75, 3.05) is 13.2 Å². The van der Waals surface area contributed by atoms with Gasteiger partial charge in [-0.25, -0.2) is 4.79 Å². The Labute approximate surface area is 273 Å². The van der Waals surface area contributed by atoms with E-state index in [0.29, 0.717) is 18.9 Å². The highest BCUT2D eigenvalue weighted by molar-refractivity contribution is 6.74. The van der Waals surface area contributed by atoms with Crippen molar-refractivity contribution in [3.05, 3.63) is 12.2 Å². The molecule has 0 spiro atoms. The second-order valence-electron chi connectivity index (χ2n) is 17.7. The van der Waals surface area contributed by atoms with Gasteiger partial charge in [0.15, 0.2) is 16.6 Å². The highest BCUT2D eigenvalue weighted by atomic mass is 28.4. The number of esters is 1. The number of carbonyl (C=O) groups is 1. The fourth-order valence-corrected chi connectivity index (χ4v) is 9.08. The van der Waals surface area contributed by atoms with E-state index in [4.69, 9.17) is 18.3 Å². The maximum Gasteiger partial charge on any atom is 0.332 e. The van der Waals surface area contributed by atoms with Crippen molar-refractivity contribution in [2.45, 2.75) is 180 Å². The van der Waals surface area contributed by atoms with Gasteiger partial charge in [0.1, 0.15) is 12.2 Å². The number of rotatable bonds is 14. The van der Waals surface area contributed by atoms with Crippen molar-refractivity contribution in [2.24, 2.45) is 17.8 Å². The summed E-state index contributed by atoms with van der Waals surface area (Å²) in [6.45, 7) is 29.2. The molecule has 0 bridgehead atoms. The van der Waals surface area contributed by atoms with Crippen molar-refractivity contribution in [3.63, 3.8) is 0 Å². The Morgan fingerprint density at radius 2 is 1.45 bits per heavy atom. The lowest BCUT2D eigenvalue weighted by Crippen LogP contribution is -2.47. The summed E-state index contributed by atoms with van der Waals surface area (Å²) in [6, 6.07) is 0. The molecule has 0 unspecified atom stereocenters. The molecule has 0 radical (unpaired) electrons. The number of allylic oxidation sites excluding steroid dienone is 1. The molecule has 2 aliphatic carbocycles. The zero-order valence-corrected chi connectivity index (χ0v) is 32.9. The van der Waals surface area contributed by atoms with E-state index in [-0.39, 0.29) is 46.7 Å². The van der Waals surface area contributed by atoms with E-state index >= 15 is 0 Å². The summed E-state index contributed by atoms with van der Waals surface area (Å²) in [4.78, 5) is 12.0. The normalized spacial score (nSPS) is 25.5. The number of aliphatic hydroxyl groups is 1. The van der Waals surface area contributed by atoms with Crippen LogP contribution in [0.25, 0.3) is 0 Å². The quantitative estimate of drug-likeness (QED) is 0.0871. The molecule has 44 heavy (non-hydrogen) atoms. The minimum Gasteiger partial charge on any atom is -0.458 e. The largest absolute Gasteiger partial charge is 0.458 e. The molecular formula is C36H70O6Si2. The molecule has 2 aliphatic rings. The van der Waals surface area contributed by atoms with Gasteiger partial charge in [0.25, 0.3) is 0 Å². The molecule has 0 aromatic carbocycles. The molecule has 0 saturated heterocycles. The van der Waals surface area contributed by atoms with Crippen LogP contribution in [-0.2, 0) is 23.1 Å². The molecule has 0 aromatic rings. The van der Waals surface area contributed by atoms with Crippen LogP contribution in [0.1, 0.15) is 120 Å². The topological polar surface area (TPSA) is 74.2 Å². The van der Waals surface area contributed by atoms with Gasteiger partial charge in [0.05, 0.1) is 18.8 Å². The van der Waals surface area contributed by atoms with Crippen molar-refractivity contribution in [3.8, 4) is 0 Å². The van der Waals surface area contributed by atoms with Gasteiger partial charge >= 0.3 is 5.97 Å². The van der Waals surface area contributed by atoms with Gasteiger partial charge < -0.3 is 23.4 Å². The fourth-order valence-electron chi connectivity index (χ4n) is 6.28. The zero-order valence-electron chi connectivity index (χ0n) is 30.9. The Balaban J connectivity index is 2.19. The van der Waals surface area contributed by atoms with E-state index in [2.05, 4.69) is 73.8 Å². The van der Waals surface area contributed by atoms with E-state index < -0.39 is 28.3 Å². The van der Waals surface area contributed by atoms with E-state index in [1.54, 1.807) is 0 Å². The summed E-state index contributed by atoms with van der Waals surface area (Å²) in [5.74, 6) is 0.687. The van der Waals surface area contributed by atoms with Crippen molar-refractivity contribution >= 4 is 22.6 Å². The Morgan fingerprint density at radius 3 is 2.00 bits per heavy atom. The average molecular weight is 655 g/mol. The van der Waals surface area contributed by atoms with Crippen LogP contribution in [0.4, 0.5) is 0 Å². The molecule has 0 heterocycles. The highest BCUT2D eigenvalue weighted by Crippen LogP contribution is 2.47. The second kappa shape index (κ2) is 16.1. The summed E-state index contributed by atoms with van der Waals surface area (Å²) >= 11 is 0. The lowest BCUT2D eigenvalue weighted by molar-refractivity contribution is -0.159. The Morgan fingerprint density at radius 1 is 0.864 bits per heavy atom. The summed E-state index contributed by atoms with van der Waals surface area (Å²) in [6.07, 6.45) is 14.1. The van der Waals surface area contributed by atoms with Crippen LogP contribution >= 0.6 is 0 Å². The van der Waals surface area contributed by atoms with Gasteiger partial charge in [-0.1, -0.05) is 73.0 Å². The number of ether oxygens (including phenoxy) is 2. The molecule has 0 aromatic heterocycles. The lowest BCUT2D eigenvalue weighted by Gasteiger charge is -2.43. The SMILES string of the molecule is CC(C)(C)OC(=O)COC/C=C\C[C@@H]1[C@@H](CC[C@@H](O[Si](C)(C)C(C)(C)C)C2CCCCC2)[C@H](O[Si](C)(C)C(C)(C)C)C[C@@H]1O. The first-order chi connectivity index (χ1) is 20.0. The summed E-state index contributed by atoms with van der Waals surface area (Å²) in [5.41, 5.74) is -0.515. The van der Waals surface area contributed by atoms with Crippen LogP contribution in [0, 0.1) is 17.8 Å². The van der Waals surface area contributed by atoms with Gasteiger partial charge in [0, 0.05) is 6.10 Å². The molecule has 258 valence electrons. The number of aliphatic hydroxyl groups excluding tert-OH is 1. The van der Waals surface area contributed by atoms with Gasteiger partial charge in [-0.05, 0) is 113 Å². The predicted octanol–water partition coefficient (Wildman–Crippen LogP) is 9.43. The molecule has 2 rings (SSSR count). The maximum absolute atomic E-state index is 12.0. The molecule has 0 aliphatic heterocycles. The third kappa shape index (κ3) is 12.3. The average Bonchev–Trinajstić information content (AvgIpc) is 3.14. The molecule has 1 N–H and O–H groups in total. The van der Waals surface area contributed by atoms with Crippen molar-refractivity contribution in [1.82, 2.24) is 0 Å². The molecule has 2 fully saturated rings. The third-order valence-electron chi connectivity index (χ3n) is 10.9. The highest BCUT2D eigenvalue weighted by Gasteiger charge is 2.48. The van der Waals surface area contributed by atoms with Crippen LogP contribution in [-0.4, -0.2) is 64.8 Å². The standard InChI is InChI=1S/C36H70O6Si2/c1-34(2,3)40-33(38)26-39-24-18-17-21-28-29(32(25-30(28)37)42-44(12,13)36(7,8)9)22-23-31(27-19-15-14-16-20-27)41-43(10,11)35(4,5)6/h17-18,27-32,37H,14-16,19-26H2,1-13H3/b18-17-/t28-,29-,30+,31-,32-/m1/s1. The van der Waals surface area contributed by atoms with Crippen LogP contribution in [0.15, 0.2) is 12.2 Å². The first-order valence-corrected chi connectivity index (χ1v) is 23.3. The van der Waals surface area contributed by atoms with Crippen LogP contribution in [0.5, 0.6) is 0 Å². The smallest absolute Gasteiger partial charge is 0.332 e. The number of hydrogen-bond acceptors (Lipinski definition) is 6. The lowest BCUT2D eigenvalue weighted by atomic mass is 9.80. The molecule has 2 saturated carbocycles. The summed E-state index contributed by atoms with van der Waals surface area (Å²) in [5, 5.41) is 11.7. The molecule has 8 heteroatoms.